The van der Waals surface area contributed by atoms with E-state index >= 15 is 0 Å². The number of halogens is 4. The first kappa shape index (κ1) is 58.1. The van der Waals surface area contributed by atoms with Crippen molar-refractivity contribution < 1.29 is 53.1 Å². The largest absolute Gasteiger partial charge is 0.519 e. The summed E-state index contributed by atoms with van der Waals surface area (Å²) in [5.74, 6) is -0.425. The predicted octanol–water partition coefficient (Wildman–Crippen LogP) is 8.29. The number of piperidine rings is 2. The molecule has 0 bridgehead atoms. The second kappa shape index (κ2) is 24.7. The van der Waals surface area contributed by atoms with Gasteiger partial charge in [-0.3, -0.25) is 28.3 Å². The molecule has 4 aromatic rings. The number of amides is 1. The molecule has 2 fully saturated rings. The molecule has 70 heavy (non-hydrogen) atoms. The zero-order valence-corrected chi connectivity index (χ0v) is 45.2. The third kappa shape index (κ3) is 18.0. The molecule has 23 heteroatoms. The number of fused-ring (bicyclic) bond motifs is 2. The van der Waals surface area contributed by atoms with Crippen LogP contribution in [-0.4, -0.2) is 118 Å². The fourth-order valence-electron chi connectivity index (χ4n) is 7.10. The van der Waals surface area contributed by atoms with Crippen LogP contribution in [-0.2, 0) is 41.6 Å². The van der Waals surface area contributed by atoms with Gasteiger partial charge in [0.15, 0.2) is 11.6 Å². The summed E-state index contributed by atoms with van der Waals surface area (Å²) < 4.78 is 23.0. The zero-order chi connectivity index (χ0) is 52.5. The molecule has 2 aliphatic heterocycles. The number of rotatable bonds is 8. The quantitative estimate of drug-likeness (QED) is 0.0853. The lowest BCUT2D eigenvalue weighted by Gasteiger charge is -2.39. The van der Waals surface area contributed by atoms with E-state index < -0.39 is 53.5 Å². The summed E-state index contributed by atoms with van der Waals surface area (Å²) in [5.41, 5.74) is -1.79. The first-order valence-electron chi connectivity index (χ1n) is 22.4. The third-order valence-electron chi connectivity index (χ3n) is 10.2. The van der Waals surface area contributed by atoms with Crippen molar-refractivity contribution in [1.29, 1.82) is 0 Å². The van der Waals surface area contributed by atoms with E-state index in [-0.39, 0.29) is 54.7 Å². The van der Waals surface area contributed by atoms with E-state index in [0.717, 1.165) is 13.0 Å². The Morgan fingerprint density at radius 3 is 1.57 bits per heavy atom. The molecule has 0 radical (unpaired) electrons. The van der Waals surface area contributed by atoms with E-state index in [9.17, 15) is 43.8 Å². The topological polar surface area (TPSA) is 248 Å². The van der Waals surface area contributed by atoms with Gasteiger partial charge < -0.3 is 39.4 Å². The first-order chi connectivity index (χ1) is 32.4. The van der Waals surface area contributed by atoms with Crippen LogP contribution < -0.4 is 16.4 Å². The van der Waals surface area contributed by atoms with Crippen LogP contribution in [0.5, 0.6) is 0 Å². The summed E-state index contributed by atoms with van der Waals surface area (Å²) in [6, 6.07) is 5.41. The Kier molecular flexibility index (Phi) is 20.5. The van der Waals surface area contributed by atoms with E-state index in [0.29, 0.717) is 66.6 Å². The van der Waals surface area contributed by atoms with E-state index in [2.05, 4.69) is 51.9 Å². The van der Waals surface area contributed by atoms with Crippen molar-refractivity contribution in [2.75, 3.05) is 13.1 Å². The molecular weight excluding hydrogens is 1090 g/mol. The molecule has 2 aromatic heterocycles. The van der Waals surface area contributed by atoms with Gasteiger partial charge >= 0.3 is 18.4 Å². The van der Waals surface area contributed by atoms with Crippen molar-refractivity contribution in [3.05, 3.63) is 76.6 Å². The van der Waals surface area contributed by atoms with Crippen LogP contribution in [0.4, 0.5) is 14.4 Å². The fourth-order valence-corrected chi connectivity index (χ4v) is 8.09. The monoisotopic (exact) mass is 1140 g/mol. The van der Waals surface area contributed by atoms with Gasteiger partial charge in [-0.25, -0.2) is 24.4 Å². The lowest BCUT2D eigenvalue weighted by atomic mass is 9.95. The van der Waals surface area contributed by atoms with Crippen LogP contribution in [0.25, 0.3) is 21.8 Å². The molecule has 2 aromatic carbocycles. The highest BCUT2D eigenvalue weighted by molar-refractivity contribution is 9.10. The van der Waals surface area contributed by atoms with Crippen molar-refractivity contribution in [2.45, 2.75) is 155 Å². The van der Waals surface area contributed by atoms with Crippen LogP contribution in [0.15, 0.2) is 55.5 Å². The molecule has 3 N–H and O–H groups in total. The Bertz CT molecular complexity index is 2650. The van der Waals surface area contributed by atoms with E-state index in [1.807, 2.05) is 0 Å². The number of aromatic nitrogens is 4. The Hall–Kier alpha value is -4.51. The molecule has 1 amide bonds. The van der Waals surface area contributed by atoms with Gasteiger partial charge in [-0.2, -0.15) is 0 Å². The molecule has 19 nitrogen and oxygen atoms in total. The highest BCUT2D eigenvalue weighted by Crippen LogP contribution is 2.28. The van der Waals surface area contributed by atoms with Gasteiger partial charge in [0.1, 0.15) is 16.8 Å². The van der Waals surface area contributed by atoms with Crippen molar-refractivity contribution in [1.82, 2.24) is 29.3 Å². The number of Topliss-reactive ketones (excluding diaryl/α,β-unsaturated/α-hetero) is 2. The summed E-state index contributed by atoms with van der Waals surface area (Å²) >= 11 is 18.7. The number of hydrogen-bond donors (Lipinski definition) is 3. The lowest BCUT2D eigenvalue weighted by Crippen LogP contribution is -2.53. The van der Waals surface area contributed by atoms with Crippen LogP contribution in [0.1, 0.15) is 101 Å². The minimum absolute atomic E-state index is 0.0691. The van der Waals surface area contributed by atoms with Gasteiger partial charge in [-0.15, -0.1) is 0 Å². The number of nitrogens with zero attached hydrogens (tertiary/aromatic N) is 5. The average Bonchev–Trinajstić information content (AvgIpc) is 3.21. The molecule has 0 saturated carbocycles. The predicted molar refractivity (Wildman–Crippen MR) is 269 cm³/mol. The number of hydrogen-bond acceptors (Lipinski definition) is 16. The van der Waals surface area contributed by atoms with E-state index in [1.165, 1.54) is 32.8 Å². The van der Waals surface area contributed by atoms with Gasteiger partial charge in [-0.05, 0) is 151 Å². The number of likely N-dealkylation sites (tertiary alicyclic amines) is 1. The summed E-state index contributed by atoms with van der Waals surface area (Å²) in [7, 11) is 0. The molecule has 2 aliphatic rings. The summed E-state index contributed by atoms with van der Waals surface area (Å²) in [6.45, 7) is 16.2. The molecule has 2 saturated heterocycles. The first-order valence-corrected chi connectivity index (χ1v) is 24.7. The maximum Gasteiger partial charge on any atom is 0.519 e. The van der Waals surface area contributed by atoms with Gasteiger partial charge in [-0.1, -0.05) is 23.2 Å². The van der Waals surface area contributed by atoms with Gasteiger partial charge in [0.2, 0.25) is 0 Å². The lowest BCUT2D eigenvalue weighted by molar-refractivity contribution is -0.123. The Balaban J connectivity index is 0.000000243. The number of ether oxygens (including phenoxy) is 4. The zero-order valence-electron chi connectivity index (χ0n) is 40.5. The molecule has 4 atom stereocenters. The van der Waals surface area contributed by atoms with Crippen molar-refractivity contribution in [3.63, 3.8) is 0 Å². The molecule has 0 spiro atoms. The smallest absolute Gasteiger partial charge is 0.444 e. The number of carbonyl (C=O) groups excluding carboxylic acids is 5. The van der Waals surface area contributed by atoms with Crippen LogP contribution in [0.2, 0.25) is 10.0 Å². The number of carbonyl (C=O) groups is 5. The minimum Gasteiger partial charge on any atom is -0.444 e. The normalized spacial score (nSPS) is 18.4. The molecular formula is C47H60Br2Cl2N6O13. The summed E-state index contributed by atoms with van der Waals surface area (Å²) in [4.78, 5) is 94.8. The van der Waals surface area contributed by atoms with E-state index in [1.54, 1.807) is 80.5 Å². The van der Waals surface area contributed by atoms with Gasteiger partial charge in [0.05, 0.1) is 75.8 Å². The van der Waals surface area contributed by atoms with Crippen LogP contribution >= 0.6 is 55.1 Å². The van der Waals surface area contributed by atoms with Gasteiger partial charge in [0, 0.05) is 34.4 Å². The van der Waals surface area contributed by atoms with Crippen LogP contribution in [0, 0.1) is 0 Å². The molecule has 4 heterocycles. The molecule has 6 rings (SSSR count). The maximum atomic E-state index is 12.8. The minimum atomic E-state index is -1.06. The number of aliphatic hydroxyl groups is 2. The Morgan fingerprint density at radius 1 is 0.686 bits per heavy atom. The fraction of sp³-hybridized carbons (Fsp3) is 0.553. The second-order valence-corrected chi connectivity index (χ2v) is 22.2. The molecule has 0 unspecified atom stereocenters. The SMILES string of the molecule is CC(C)(C)OC(=O)N1CCC[C@H](O)[C@H]1CC(=O)Cn1cnc2cc(Br)c(Cl)cc2c1=O.CC(C)(C)OC(=O)OC(=O)OC(C)(C)C.O=C(C[C@H]1NCCC[C@@H]1O)Cn1cnc2cc(Br)c(Cl)cc2c1=O. The number of nitrogens with one attached hydrogen (secondary N) is 1. The number of ketones is 2. The molecule has 0 aliphatic carbocycles. The highest BCUT2D eigenvalue weighted by Gasteiger charge is 2.37. The highest BCUT2D eigenvalue weighted by atomic mass is 79.9. The maximum absolute atomic E-state index is 12.8. The van der Waals surface area contributed by atoms with Crippen LogP contribution in [0.3, 0.4) is 0 Å². The standard InChI is InChI=1S/C21H25BrClN3O5.C16H17BrClN3O3.C10H18O5/c1-21(2,3)31-20(30)26-6-4-5-18(28)17(26)7-12(27)10-25-11-24-16-9-14(22)15(23)8-13(16)19(25)29;17-11-6-13-10(5-12(11)18)16(24)21(8-20-13)7-9(22)4-14-15(23)2-1-3-19-14;1-9(2,3)14-7(11)13-8(12)15-10(4,5)6/h8-9,11,17-18,28H,4-7,10H2,1-3H3;5-6,8,14-15,19,23H,1-4,7H2;1-6H3/t17-,18+;14-,15+;/m11./s1. The van der Waals surface area contributed by atoms with Gasteiger partial charge in [0.25, 0.3) is 11.1 Å². The Morgan fingerprint density at radius 2 is 1.13 bits per heavy atom. The average molecular weight is 1150 g/mol. The summed E-state index contributed by atoms with van der Waals surface area (Å²) in [5, 5.41) is 25.0. The molecule has 384 valence electrons. The number of benzene rings is 2. The Labute approximate surface area is 431 Å². The van der Waals surface area contributed by atoms with Crippen molar-refractivity contribution in [3.8, 4) is 0 Å². The second-order valence-electron chi connectivity index (χ2n) is 19.7. The van der Waals surface area contributed by atoms with Crippen molar-refractivity contribution >= 4 is 107 Å². The third-order valence-corrected chi connectivity index (χ3v) is 12.6. The number of aliphatic hydroxyl groups excluding tert-OH is 2. The van der Waals surface area contributed by atoms with E-state index in [4.69, 9.17) is 37.4 Å². The van der Waals surface area contributed by atoms with Crippen molar-refractivity contribution in [2.24, 2.45) is 0 Å². The summed E-state index contributed by atoms with van der Waals surface area (Å²) in [6.07, 6.45) is 1.43.